The maximum Gasteiger partial charge on any atom is 0.309 e. The number of benzene rings is 2. The van der Waals surface area contributed by atoms with Gasteiger partial charge < -0.3 is 9.73 Å². The number of halogens is 1. The highest BCUT2D eigenvalue weighted by Gasteiger charge is 2.27. The quantitative estimate of drug-likeness (QED) is 0.623. The number of nitrogens with zero attached hydrogens (tertiary/aromatic N) is 3. The highest BCUT2D eigenvalue weighted by Crippen LogP contribution is 2.24. The van der Waals surface area contributed by atoms with Gasteiger partial charge in [-0.25, -0.2) is 8.42 Å². The molecule has 1 amide bonds. The lowest BCUT2D eigenvalue weighted by Crippen LogP contribution is -2.27. The minimum atomic E-state index is -3.49. The molecular formula is C20H19ClN4O4S. The number of carbonyl (C=O) groups is 1. The van der Waals surface area contributed by atoms with Crippen molar-refractivity contribution < 1.29 is 17.6 Å². The van der Waals surface area contributed by atoms with Gasteiger partial charge in [-0.1, -0.05) is 29.8 Å². The Hall–Kier alpha value is -2.75. The summed E-state index contributed by atoms with van der Waals surface area (Å²) in [6.07, 6.45) is 1.75. The van der Waals surface area contributed by atoms with E-state index in [1.807, 2.05) is 6.07 Å². The van der Waals surface area contributed by atoms with Crippen molar-refractivity contribution in [2.45, 2.75) is 24.3 Å². The number of amides is 1. The first-order chi connectivity index (χ1) is 14.4. The molecule has 0 saturated carbocycles. The number of aromatic nitrogens is 2. The summed E-state index contributed by atoms with van der Waals surface area (Å²) in [7, 11) is -3.49. The van der Waals surface area contributed by atoms with Crippen LogP contribution in [-0.4, -0.2) is 41.9 Å². The van der Waals surface area contributed by atoms with Crippen molar-refractivity contribution in [2.75, 3.05) is 13.1 Å². The fourth-order valence-electron chi connectivity index (χ4n) is 3.17. The minimum absolute atomic E-state index is 0.128. The number of hydrogen-bond acceptors (Lipinski definition) is 6. The first-order valence-corrected chi connectivity index (χ1v) is 11.2. The summed E-state index contributed by atoms with van der Waals surface area (Å²) in [6.45, 7) is 1.31. The molecule has 1 aromatic heterocycles. The Balaban J connectivity index is 1.44. The van der Waals surface area contributed by atoms with Crippen LogP contribution in [0.25, 0.3) is 11.5 Å². The molecule has 1 saturated heterocycles. The van der Waals surface area contributed by atoms with Gasteiger partial charge in [-0.3, -0.25) is 4.79 Å². The molecule has 1 aliphatic heterocycles. The summed E-state index contributed by atoms with van der Waals surface area (Å²) in [6, 6.07) is 13.4. The second-order valence-electron chi connectivity index (χ2n) is 6.82. The molecule has 1 fully saturated rings. The second kappa shape index (κ2) is 8.55. The molecule has 8 nitrogen and oxygen atoms in total. The normalized spacial score (nSPS) is 14.7. The Labute approximate surface area is 178 Å². The number of hydrogen-bond donors (Lipinski definition) is 1. The lowest BCUT2D eigenvalue weighted by molar-refractivity contribution is 0.0917. The third-order valence-corrected chi connectivity index (χ3v) is 7.10. The van der Waals surface area contributed by atoms with Crippen molar-refractivity contribution >= 4 is 27.5 Å². The average molecular weight is 447 g/mol. The Kier molecular flexibility index (Phi) is 5.85. The molecule has 0 unspecified atom stereocenters. The highest BCUT2D eigenvalue weighted by molar-refractivity contribution is 7.89. The number of nitrogens with one attached hydrogen (secondary N) is 1. The largest absolute Gasteiger partial charge is 0.412 e. The molecule has 0 atom stereocenters. The topological polar surface area (TPSA) is 105 Å². The molecule has 0 bridgehead atoms. The molecular weight excluding hydrogens is 428 g/mol. The van der Waals surface area contributed by atoms with Crippen LogP contribution in [0.4, 0.5) is 0 Å². The molecule has 0 aliphatic carbocycles. The predicted molar refractivity (Wildman–Crippen MR) is 110 cm³/mol. The zero-order valence-corrected chi connectivity index (χ0v) is 17.5. The third kappa shape index (κ3) is 4.23. The minimum Gasteiger partial charge on any atom is -0.412 e. The average Bonchev–Trinajstić information content (AvgIpc) is 3.46. The zero-order chi connectivity index (χ0) is 21.1. The molecule has 4 rings (SSSR count). The molecule has 3 aromatic rings. The van der Waals surface area contributed by atoms with E-state index in [1.165, 1.54) is 16.4 Å². The maximum absolute atomic E-state index is 12.6. The van der Waals surface area contributed by atoms with Gasteiger partial charge in [0, 0.05) is 30.2 Å². The van der Waals surface area contributed by atoms with Crippen LogP contribution in [0.5, 0.6) is 0 Å². The van der Waals surface area contributed by atoms with Crippen molar-refractivity contribution in [3.8, 4) is 11.5 Å². The van der Waals surface area contributed by atoms with Crippen LogP contribution in [0.1, 0.15) is 29.1 Å². The van der Waals surface area contributed by atoms with Crippen LogP contribution in [0.3, 0.4) is 0 Å². The van der Waals surface area contributed by atoms with E-state index in [9.17, 15) is 13.2 Å². The SMILES string of the molecule is O=C(NCc1ccccc1Cl)c1nnc(-c2ccc(S(=O)(=O)N3CCCC3)cc2)o1. The van der Waals surface area contributed by atoms with Gasteiger partial charge in [0.1, 0.15) is 0 Å². The fraction of sp³-hybridized carbons (Fsp3) is 0.250. The van der Waals surface area contributed by atoms with Crippen LogP contribution >= 0.6 is 11.6 Å². The van der Waals surface area contributed by atoms with Crippen LogP contribution < -0.4 is 5.32 Å². The molecule has 2 aromatic carbocycles. The summed E-state index contributed by atoms with van der Waals surface area (Å²) in [5.74, 6) is -0.587. The molecule has 0 spiro atoms. The van der Waals surface area contributed by atoms with Crippen molar-refractivity contribution in [3.05, 3.63) is 65.0 Å². The van der Waals surface area contributed by atoms with Gasteiger partial charge in [-0.05, 0) is 48.7 Å². The molecule has 0 radical (unpaired) electrons. The summed E-state index contributed by atoms with van der Waals surface area (Å²) in [4.78, 5) is 12.5. The van der Waals surface area contributed by atoms with Crippen LogP contribution in [-0.2, 0) is 16.6 Å². The van der Waals surface area contributed by atoms with Crippen LogP contribution in [0.15, 0.2) is 57.8 Å². The van der Waals surface area contributed by atoms with Crippen molar-refractivity contribution in [3.63, 3.8) is 0 Å². The van der Waals surface area contributed by atoms with Crippen molar-refractivity contribution in [1.82, 2.24) is 19.8 Å². The lowest BCUT2D eigenvalue weighted by Gasteiger charge is -2.15. The van der Waals surface area contributed by atoms with Gasteiger partial charge in [0.05, 0.1) is 4.90 Å². The smallest absolute Gasteiger partial charge is 0.309 e. The van der Waals surface area contributed by atoms with Gasteiger partial charge >= 0.3 is 11.8 Å². The Morgan fingerprint density at radius 2 is 1.77 bits per heavy atom. The summed E-state index contributed by atoms with van der Waals surface area (Å²) in [5, 5.41) is 10.9. The Morgan fingerprint density at radius 1 is 1.07 bits per heavy atom. The van der Waals surface area contributed by atoms with E-state index in [4.69, 9.17) is 16.0 Å². The molecule has 2 heterocycles. The van der Waals surface area contributed by atoms with E-state index < -0.39 is 15.9 Å². The summed E-state index contributed by atoms with van der Waals surface area (Å²) >= 11 is 6.08. The van der Waals surface area contributed by atoms with Crippen LogP contribution in [0, 0.1) is 0 Å². The standard InChI is InChI=1S/C20H19ClN4O4S/c21-17-6-2-1-5-15(17)13-22-18(26)20-24-23-19(29-20)14-7-9-16(10-8-14)30(27,28)25-11-3-4-12-25/h1-2,5-10H,3-4,11-13H2,(H,22,26). The van der Waals surface area contributed by atoms with Gasteiger partial charge in [0.25, 0.3) is 0 Å². The molecule has 1 N–H and O–H groups in total. The van der Waals surface area contributed by atoms with E-state index in [0.29, 0.717) is 23.7 Å². The van der Waals surface area contributed by atoms with E-state index in [2.05, 4.69) is 15.5 Å². The van der Waals surface area contributed by atoms with E-state index in [0.717, 1.165) is 18.4 Å². The van der Waals surface area contributed by atoms with E-state index in [1.54, 1.807) is 30.3 Å². The monoisotopic (exact) mass is 446 g/mol. The van der Waals surface area contributed by atoms with Crippen molar-refractivity contribution in [1.29, 1.82) is 0 Å². The van der Waals surface area contributed by atoms with Gasteiger partial charge in [0.15, 0.2) is 0 Å². The zero-order valence-electron chi connectivity index (χ0n) is 15.9. The van der Waals surface area contributed by atoms with Crippen LogP contribution in [0.2, 0.25) is 5.02 Å². The predicted octanol–water partition coefficient (Wildman–Crippen LogP) is 3.10. The van der Waals surface area contributed by atoms with E-state index >= 15 is 0 Å². The highest BCUT2D eigenvalue weighted by atomic mass is 35.5. The van der Waals surface area contributed by atoms with E-state index in [-0.39, 0.29) is 23.2 Å². The number of sulfonamides is 1. The summed E-state index contributed by atoms with van der Waals surface area (Å²) < 4.78 is 32.1. The lowest BCUT2D eigenvalue weighted by atomic mass is 10.2. The third-order valence-electron chi connectivity index (χ3n) is 4.82. The fourth-order valence-corrected chi connectivity index (χ4v) is 4.89. The van der Waals surface area contributed by atoms with Gasteiger partial charge in [0.2, 0.25) is 15.9 Å². The molecule has 10 heteroatoms. The van der Waals surface area contributed by atoms with Crippen molar-refractivity contribution in [2.24, 2.45) is 0 Å². The molecule has 156 valence electrons. The number of carbonyl (C=O) groups excluding carboxylic acids is 1. The molecule has 1 aliphatic rings. The van der Waals surface area contributed by atoms with Gasteiger partial charge in [-0.15, -0.1) is 10.2 Å². The van der Waals surface area contributed by atoms with Gasteiger partial charge in [-0.2, -0.15) is 4.31 Å². The molecule has 30 heavy (non-hydrogen) atoms. The maximum atomic E-state index is 12.6. The summed E-state index contributed by atoms with van der Waals surface area (Å²) in [5.41, 5.74) is 1.29. The number of rotatable bonds is 6. The first kappa shape index (κ1) is 20.5. The second-order valence-corrected chi connectivity index (χ2v) is 9.17. The Morgan fingerprint density at radius 3 is 2.47 bits per heavy atom. The Bertz CT molecular complexity index is 1160. The first-order valence-electron chi connectivity index (χ1n) is 9.41.